The van der Waals surface area contributed by atoms with Crippen LogP contribution in [0.2, 0.25) is 0 Å². The molecule has 4 rings (SSSR count). The quantitative estimate of drug-likeness (QED) is 0.120. The van der Waals surface area contributed by atoms with Crippen molar-refractivity contribution >= 4 is 20.4 Å². The lowest BCUT2D eigenvalue weighted by Crippen LogP contribution is -2.24. The SMILES string of the molecule is Cc1ccc(S(=O)(=O)OS(c2c(C(C)C)cc(C(C)C)cc2C(C)C)(c2c(C(C)C)cc(C(C)C)cc2C(C)C)c2c(C(C)C)cc(C(C)C)cc2C(C)C)cc1. The predicted molar refractivity (Wildman–Crippen MR) is 248 cm³/mol. The Morgan fingerprint density at radius 2 is 0.596 bits per heavy atom. The van der Waals surface area contributed by atoms with E-state index in [-0.39, 0.29) is 40.4 Å². The molecule has 0 amide bonds. The van der Waals surface area contributed by atoms with Gasteiger partial charge in [-0.25, -0.2) is 3.63 Å². The minimum atomic E-state index is -4.38. The van der Waals surface area contributed by atoms with E-state index in [2.05, 4.69) is 161 Å². The Morgan fingerprint density at radius 1 is 0.368 bits per heavy atom. The van der Waals surface area contributed by atoms with Gasteiger partial charge in [0.2, 0.25) is 0 Å². The van der Waals surface area contributed by atoms with E-state index in [0.29, 0.717) is 17.8 Å². The molecule has 0 aliphatic heterocycles. The lowest BCUT2D eigenvalue weighted by Gasteiger charge is -2.48. The van der Waals surface area contributed by atoms with Gasteiger partial charge in [0.25, 0.3) is 0 Å². The summed E-state index contributed by atoms with van der Waals surface area (Å²) in [5, 5.41) is 0. The summed E-state index contributed by atoms with van der Waals surface area (Å²) in [4.78, 5) is 3.38. The largest absolute Gasteiger partial charge is 0.307 e. The molecule has 0 spiro atoms. The van der Waals surface area contributed by atoms with Gasteiger partial charge in [0.05, 0.1) is 4.90 Å². The zero-order chi connectivity index (χ0) is 43.1. The van der Waals surface area contributed by atoms with Crippen molar-refractivity contribution < 1.29 is 12.0 Å². The molecule has 0 saturated carbocycles. The molecule has 0 saturated heterocycles. The highest BCUT2D eigenvalue weighted by Gasteiger charge is 2.48. The second kappa shape index (κ2) is 18.2. The van der Waals surface area contributed by atoms with Gasteiger partial charge >= 0.3 is 10.1 Å². The average molecular weight is 813 g/mol. The van der Waals surface area contributed by atoms with Crippen LogP contribution in [0.25, 0.3) is 0 Å². The van der Waals surface area contributed by atoms with E-state index < -0.39 is 20.4 Å². The van der Waals surface area contributed by atoms with Crippen LogP contribution in [0, 0.1) is 6.92 Å². The molecule has 0 bridgehead atoms. The summed E-state index contributed by atoms with van der Waals surface area (Å²) in [5.41, 5.74) is 11.9. The standard InChI is InChI=1S/C52H76O3S2/c1-30(2)40-24-44(33(7)8)50(45(25-40)34(9)10)56(55-57(53,54)43-22-20-39(19)21-23-43,51-46(35(11)12)26-41(31(3)4)27-47(51)36(13)14)52-48(37(15)16)28-42(32(5)6)29-49(52)38(17)18/h20-38H,1-19H3. The molecule has 0 aliphatic rings. The third-order valence-corrected chi connectivity index (χ3v) is 17.1. The Morgan fingerprint density at radius 3 is 0.789 bits per heavy atom. The maximum Gasteiger partial charge on any atom is 0.307 e. The number of aryl methyl sites for hydroxylation is 1. The Bertz CT molecular complexity index is 1860. The molecule has 3 nitrogen and oxygen atoms in total. The monoisotopic (exact) mass is 813 g/mol. The Balaban J connectivity index is 2.65. The van der Waals surface area contributed by atoms with E-state index in [4.69, 9.17) is 3.63 Å². The average Bonchev–Trinajstić information content (AvgIpc) is 3.12. The molecule has 0 aliphatic carbocycles. The van der Waals surface area contributed by atoms with Crippen LogP contribution in [-0.4, -0.2) is 8.42 Å². The number of rotatable bonds is 15. The Hall–Kier alpha value is -2.86. The summed E-state index contributed by atoms with van der Waals surface area (Å²) in [7, 11) is -7.49. The number of benzene rings is 4. The van der Waals surface area contributed by atoms with Gasteiger partial charge in [0.1, 0.15) is 0 Å². The minimum absolute atomic E-state index is 0.0913. The highest BCUT2D eigenvalue weighted by Crippen LogP contribution is 2.77. The molecule has 0 radical (unpaired) electrons. The fraction of sp³-hybridized carbons (Fsp3) is 0.538. The van der Waals surface area contributed by atoms with Gasteiger partial charge in [-0.05, 0) is 133 Å². The van der Waals surface area contributed by atoms with E-state index in [1.165, 1.54) is 50.1 Å². The lowest BCUT2D eigenvalue weighted by atomic mass is 9.89. The van der Waals surface area contributed by atoms with Crippen molar-refractivity contribution in [1.29, 1.82) is 0 Å². The molecule has 314 valence electrons. The van der Waals surface area contributed by atoms with Gasteiger partial charge in [-0.15, -0.1) is 0 Å². The van der Waals surface area contributed by atoms with Crippen LogP contribution in [0.5, 0.6) is 0 Å². The van der Waals surface area contributed by atoms with Crippen LogP contribution in [0.4, 0.5) is 0 Å². The van der Waals surface area contributed by atoms with Gasteiger partial charge in [-0.3, -0.25) is 0 Å². The van der Waals surface area contributed by atoms with Crippen LogP contribution < -0.4 is 0 Å². The van der Waals surface area contributed by atoms with Crippen molar-refractivity contribution in [2.75, 3.05) is 0 Å². The number of hydrogen-bond acceptors (Lipinski definition) is 3. The first kappa shape index (κ1) is 46.8. The summed E-state index contributed by atoms with van der Waals surface area (Å²) < 4.78 is 39.1. The molecule has 0 unspecified atom stereocenters. The normalized spacial score (nSPS) is 13.3. The summed E-state index contributed by atoms with van der Waals surface area (Å²) in [6.45, 7) is 42.8. The first-order chi connectivity index (χ1) is 26.4. The molecule has 0 N–H and O–H groups in total. The Labute approximate surface area is 351 Å². The predicted octanol–water partition coefficient (Wildman–Crippen LogP) is 16.7. The molecular weight excluding hydrogens is 737 g/mol. The molecule has 0 aromatic heterocycles. The molecule has 4 aromatic rings. The Kier molecular flexibility index (Phi) is 14.9. The highest BCUT2D eigenvalue weighted by molar-refractivity contribution is 8.33. The third-order valence-electron chi connectivity index (χ3n) is 11.6. The zero-order valence-electron chi connectivity index (χ0n) is 39.0. The smallest absolute Gasteiger partial charge is 0.203 e. The zero-order valence-corrected chi connectivity index (χ0v) is 40.6. The molecular formula is C52H76O3S2. The molecule has 4 aromatic carbocycles. The van der Waals surface area contributed by atoms with Crippen molar-refractivity contribution in [2.24, 2.45) is 0 Å². The van der Waals surface area contributed by atoms with Gasteiger partial charge in [0, 0.05) is 14.7 Å². The van der Waals surface area contributed by atoms with Crippen molar-refractivity contribution in [3.63, 3.8) is 0 Å². The molecule has 0 fully saturated rings. The van der Waals surface area contributed by atoms with Crippen LogP contribution in [0.1, 0.15) is 234 Å². The van der Waals surface area contributed by atoms with E-state index in [0.717, 1.165) is 20.2 Å². The first-order valence-corrected chi connectivity index (χ1v) is 24.7. The molecule has 0 atom stereocenters. The van der Waals surface area contributed by atoms with Crippen molar-refractivity contribution in [3.8, 4) is 0 Å². The summed E-state index contributed by atoms with van der Waals surface area (Å²) in [6.07, 6.45) is 0. The molecule has 57 heavy (non-hydrogen) atoms. The highest BCUT2D eigenvalue weighted by atomic mass is 32.3. The molecule has 5 heteroatoms. The summed E-state index contributed by atoms with van der Waals surface area (Å²) in [6, 6.07) is 21.6. The minimum Gasteiger partial charge on any atom is -0.203 e. The topological polar surface area (TPSA) is 43.4 Å². The van der Waals surface area contributed by atoms with Crippen molar-refractivity contribution in [1.82, 2.24) is 0 Å². The van der Waals surface area contributed by atoms with Crippen molar-refractivity contribution in [2.45, 2.75) is 204 Å². The fourth-order valence-electron chi connectivity index (χ4n) is 7.95. The van der Waals surface area contributed by atoms with Crippen LogP contribution in [0.3, 0.4) is 0 Å². The van der Waals surface area contributed by atoms with Crippen molar-refractivity contribution in [3.05, 3.63) is 116 Å². The fourth-order valence-corrected chi connectivity index (χ4v) is 15.0. The van der Waals surface area contributed by atoms with Crippen LogP contribution in [0.15, 0.2) is 80.2 Å². The first-order valence-electron chi connectivity index (χ1n) is 21.8. The number of hydrogen-bond donors (Lipinski definition) is 0. The van der Waals surface area contributed by atoms with Gasteiger partial charge in [-0.2, -0.15) is 8.42 Å². The second-order valence-electron chi connectivity index (χ2n) is 19.4. The van der Waals surface area contributed by atoms with E-state index >= 15 is 8.42 Å². The molecule has 0 heterocycles. The van der Waals surface area contributed by atoms with Crippen LogP contribution in [-0.2, 0) is 13.7 Å². The van der Waals surface area contributed by atoms with E-state index in [1.807, 2.05) is 19.1 Å². The maximum atomic E-state index is 15.7. The maximum absolute atomic E-state index is 15.7. The van der Waals surface area contributed by atoms with Crippen LogP contribution >= 0.6 is 10.3 Å². The van der Waals surface area contributed by atoms with E-state index in [9.17, 15) is 0 Å². The van der Waals surface area contributed by atoms with Gasteiger partial charge in [-0.1, -0.05) is 179 Å². The lowest BCUT2D eigenvalue weighted by molar-refractivity contribution is 0.504. The van der Waals surface area contributed by atoms with Gasteiger partial charge in [0.15, 0.2) is 0 Å². The third kappa shape index (κ3) is 9.47. The van der Waals surface area contributed by atoms with E-state index in [1.54, 1.807) is 12.1 Å². The summed E-state index contributed by atoms with van der Waals surface area (Å²) >= 11 is 0. The summed E-state index contributed by atoms with van der Waals surface area (Å²) in [5.74, 6) is 1.43. The second-order valence-corrected chi connectivity index (χ2v) is 23.6. The van der Waals surface area contributed by atoms with Gasteiger partial charge < -0.3 is 0 Å².